The first kappa shape index (κ1) is 13.2. The molecule has 98 valence electrons. The molecule has 2 atom stereocenters. The first-order valence-electron chi connectivity index (χ1n) is 5.84. The van der Waals surface area contributed by atoms with Crippen molar-refractivity contribution < 1.29 is 13.6 Å². The molecule has 1 fully saturated rings. The Labute approximate surface area is 109 Å². The van der Waals surface area contributed by atoms with E-state index in [0.29, 0.717) is 0 Å². The Kier molecular flexibility index (Phi) is 4.11. The summed E-state index contributed by atoms with van der Waals surface area (Å²) >= 11 is 6.10. The van der Waals surface area contributed by atoms with E-state index in [1.54, 1.807) is 0 Å². The maximum atomic E-state index is 12.9. The van der Waals surface area contributed by atoms with Gasteiger partial charge in [-0.15, -0.1) is 11.6 Å². The fraction of sp³-hybridized carbons (Fsp3) is 0.500. The van der Waals surface area contributed by atoms with E-state index in [9.17, 15) is 13.6 Å². The predicted molar refractivity (Wildman–Crippen MR) is 63.5 cm³/mol. The molecule has 2 unspecified atom stereocenters. The molecule has 3 nitrogen and oxygen atoms in total. The summed E-state index contributed by atoms with van der Waals surface area (Å²) in [7, 11) is 0. The maximum absolute atomic E-state index is 12.9. The molecule has 0 saturated heterocycles. The van der Waals surface area contributed by atoms with E-state index in [2.05, 4.69) is 10.3 Å². The number of pyridine rings is 1. The normalized spacial score (nSPS) is 23.7. The topological polar surface area (TPSA) is 42.0 Å². The summed E-state index contributed by atoms with van der Waals surface area (Å²) in [5.74, 6) is -2.54. The van der Waals surface area contributed by atoms with Gasteiger partial charge in [0.1, 0.15) is 0 Å². The number of hydrogen-bond donors (Lipinski definition) is 1. The first-order chi connectivity index (χ1) is 8.56. The molecule has 1 N–H and O–H groups in total. The highest BCUT2D eigenvalue weighted by Gasteiger charge is 2.25. The Hall–Kier alpha value is -1.23. The van der Waals surface area contributed by atoms with E-state index < -0.39 is 17.8 Å². The molecule has 1 aliphatic carbocycles. The summed E-state index contributed by atoms with van der Waals surface area (Å²) in [6.07, 6.45) is 3.66. The molecule has 0 aromatic carbocycles. The summed E-state index contributed by atoms with van der Waals surface area (Å²) in [5, 5.41) is 2.58. The smallest absolute Gasteiger partial charge is 0.251 e. The molecule has 6 heteroatoms. The number of nitrogens with zero attached hydrogens (tertiary/aromatic N) is 1. The van der Waals surface area contributed by atoms with Crippen LogP contribution in [0.5, 0.6) is 0 Å². The van der Waals surface area contributed by atoms with E-state index in [4.69, 9.17) is 11.6 Å². The van der Waals surface area contributed by atoms with Crippen LogP contribution in [-0.2, 0) is 0 Å². The van der Waals surface area contributed by atoms with E-state index >= 15 is 0 Å². The summed E-state index contributed by atoms with van der Waals surface area (Å²) in [5.41, 5.74) is -0.0746. The highest BCUT2D eigenvalue weighted by molar-refractivity contribution is 6.21. The molecule has 1 saturated carbocycles. The third kappa shape index (κ3) is 3.16. The van der Waals surface area contributed by atoms with Crippen molar-refractivity contribution in [1.82, 2.24) is 10.3 Å². The van der Waals surface area contributed by atoms with Gasteiger partial charge < -0.3 is 5.32 Å². The number of rotatable bonds is 2. The second-order valence-corrected chi connectivity index (χ2v) is 4.94. The lowest BCUT2D eigenvalue weighted by molar-refractivity contribution is 0.0927. The van der Waals surface area contributed by atoms with Crippen molar-refractivity contribution in [2.24, 2.45) is 0 Å². The number of carbonyl (C=O) groups excluding carboxylic acids is 1. The third-order valence-corrected chi connectivity index (χ3v) is 3.55. The average molecular weight is 275 g/mol. The number of halogens is 3. The molecule has 0 spiro atoms. The number of carbonyl (C=O) groups is 1. The van der Waals surface area contributed by atoms with Gasteiger partial charge in [0.05, 0.1) is 5.38 Å². The summed E-state index contributed by atoms with van der Waals surface area (Å²) in [4.78, 5) is 14.8. The zero-order valence-corrected chi connectivity index (χ0v) is 10.4. The fourth-order valence-corrected chi connectivity index (χ4v) is 2.44. The van der Waals surface area contributed by atoms with Crippen LogP contribution in [0.1, 0.15) is 36.0 Å². The van der Waals surface area contributed by atoms with Crippen LogP contribution in [0, 0.1) is 11.9 Å². The molecule has 0 radical (unpaired) electrons. The molecule has 0 bridgehead atoms. The highest BCUT2D eigenvalue weighted by atomic mass is 35.5. The fourth-order valence-electron chi connectivity index (χ4n) is 2.10. The van der Waals surface area contributed by atoms with Gasteiger partial charge in [0.25, 0.3) is 5.91 Å². The van der Waals surface area contributed by atoms with Gasteiger partial charge >= 0.3 is 0 Å². The maximum Gasteiger partial charge on any atom is 0.251 e. The molecule has 1 heterocycles. The summed E-state index contributed by atoms with van der Waals surface area (Å²) in [6.45, 7) is 0. The average Bonchev–Trinajstić information content (AvgIpc) is 2.31. The lowest BCUT2D eigenvalue weighted by atomic mass is 9.94. The molecular weight excluding hydrogens is 262 g/mol. The van der Waals surface area contributed by atoms with Crippen molar-refractivity contribution in [2.75, 3.05) is 0 Å². The molecule has 0 aliphatic heterocycles. The van der Waals surface area contributed by atoms with Gasteiger partial charge in [0.15, 0.2) is 0 Å². The Morgan fingerprint density at radius 2 is 1.89 bits per heavy atom. The molecule has 1 aromatic heterocycles. The standard InChI is InChI=1S/C12H13ClF2N2O/c13-8-3-1-2-4-9(8)16-12(18)7-5-10(14)17-11(15)6-7/h5-6,8-9H,1-4H2,(H,16,18). The Bertz CT molecular complexity index is 435. The quantitative estimate of drug-likeness (QED) is 0.665. The van der Waals surface area contributed by atoms with E-state index in [0.717, 1.165) is 37.8 Å². The number of amides is 1. The minimum Gasteiger partial charge on any atom is -0.348 e. The van der Waals surface area contributed by atoms with Gasteiger partial charge in [0.2, 0.25) is 11.9 Å². The van der Waals surface area contributed by atoms with Crippen LogP contribution >= 0.6 is 11.6 Å². The summed E-state index contributed by atoms with van der Waals surface area (Å²) in [6, 6.07) is 1.67. The van der Waals surface area contributed by atoms with Crippen molar-refractivity contribution >= 4 is 17.5 Å². The zero-order valence-electron chi connectivity index (χ0n) is 9.63. The van der Waals surface area contributed by atoms with Gasteiger partial charge in [-0.1, -0.05) is 12.8 Å². The predicted octanol–water partition coefficient (Wildman–Crippen LogP) is 2.64. The van der Waals surface area contributed by atoms with Crippen LogP contribution in [0.25, 0.3) is 0 Å². The molecule has 1 amide bonds. The van der Waals surface area contributed by atoms with E-state index in [-0.39, 0.29) is 17.0 Å². The molecule has 1 aliphatic rings. The second-order valence-electron chi connectivity index (χ2n) is 4.38. The van der Waals surface area contributed by atoms with Gasteiger partial charge in [0, 0.05) is 23.7 Å². The second kappa shape index (κ2) is 5.61. The monoisotopic (exact) mass is 274 g/mol. The number of aromatic nitrogens is 1. The largest absolute Gasteiger partial charge is 0.348 e. The van der Waals surface area contributed by atoms with Crippen LogP contribution in [0.3, 0.4) is 0 Å². The van der Waals surface area contributed by atoms with Crippen molar-refractivity contribution in [3.8, 4) is 0 Å². The van der Waals surface area contributed by atoms with Gasteiger partial charge in [-0.3, -0.25) is 4.79 Å². The van der Waals surface area contributed by atoms with Crippen LogP contribution < -0.4 is 5.32 Å². The lowest BCUT2D eigenvalue weighted by Crippen LogP contribution is -2.42. The number of hydrogen-bond acceptors (Lipinski definition) is 2. The van der Waals surface area contributed by atoms with Crippen LogP contribution in [0.4, 0.5) is 8.78 Å². The molecule has 1 aromatic rings. The van der Waals surface area contributed by atoms with E-state index in [1.165, 1.54) is 0 Å². The third-order valence-electron chi connectivity index (χ3n) is 3.02. The van der Waals surface area contributed by atoms with Crippen molar-refractivity contribution in [3.63, 3.8) is 0 Å². The minimum absolute atomic E-state index is 0.0746. The Morgan fingerprint density at radius 1 is 1.28 bits per heavy atom. The molecule has 18 heavy (non-hydrogen) atoms. The highest BCUT2D eigenvalue weighted by Crippen LogP contribution is 2.23. The Balaban J connectivity index is 2.06. The first-order valence-corrected chi connectivity index (χ1v) is 6.28. The number of nitrogens with one attached hydrogen (secondary N) is 1. The van der Waals surface area contributed by atoms with Crippen molar-refractivity contribution in [3.05, 3.63) is 29.6 Å². The zero-order chi connectivity index (χ0) is 13.1. The number of alkyl halides is 1. The SMILES string of the molecule is O=C(NC1CCCCC1Cl)c1cc(F)nc(F)c1. The van der Waals surface area contributed by atoms with Crippen molar-refractivity contribution in [1.29, 1.82) is 0 Å². The molecular formula is C12H13ClF2N2O. The Morgan fingerprint density at radius 3 is 2.50 bits per heavy atom. The van der Waals surface area contributed by atoms with Crippen LogP contribution in [0.2, 0.25) is 0 Å². The minimum atomic E-state index is -1.01. The summed E-state index contributed by atoms with van der Waals surface area (Å²) < 4.78 is 25.8. The molecule has 2 rings (SSSR count). The van der Waals surface area contributed by atoms with Gasteiger partial charge in [-0.2, -0.15) is 13.8 Å². The van der Waals surface area contributed by atoms with Crippen LogP contribution in [0.15, 0.2) is 12.1 Å². The van der Waals surface area contributed by atoms with Gasteiger partial charge in [-0.05, 0) is 12.8 Å². The van der Waals surface area contributed by atoms with E-state index in [1.807, 2.05) is 0 Å². The van der Waals surface area contributed by atoms with Crippen LogP contribution in [-0.4, -0.2) is 22.3 Å². The van der Waals surface area contributed by atoms with Gasteiger partial charge in [-0.25, -0.2) is 0 Å². The lowest BCUT2D eigenvalue weighted by Gasteiger charge is -2.27. The van der Waals surface area contributed by atoms with Crippen molar-refractivity contribution in [2.45, 2.75) is 37.1 Å².